The van der Waals surface area contributed by atoms with Gasteiger partial charge in [0, 0.05) is 43.7 Å². The molecular weight excluding hydrogens is 359 g/mol. The summed E-state index contributed by atoms with van der Waals surface area (Å²) in [5.74, 6) is 0.572. The van der Waals surface area contributed by atoms with Gasteiger partial charge in [0.2, 0.25) is 0 Å². The maximum Gasteiger partial charge on any atom is 0.123 e. The number of nitrogens with zero attached hydrogens (tertiary/aromatic N) is 2. The van der Waals surface area contributed by atoms with Crippen molar-refractivity contribution in [3.63, 3.8) is 0 Å². The summed E-state index contributed by atoms with van der Waals surface area (Å²) in [5.41, 5.74) is 1.50. The Balaban J connectivity index is 1.38. The van der Waals surface area contributed by atoms with E-state index in [-0.39, 0.29) is 11.1 Å². The number of anilines is 1. The van der Waals surface area contributed by atoms with Crippen LogP contribution in [-0.2, 0) is 4.74 Å². The zero-order valence-corrected chi connectivity index (χ0v) is 17.9. The maximum absolute atomic E-state index is 13.1. The quantitative estimate of drug-likeness (QED) is 0.717. The number of benzene rings is 1. The van der Waals surface area contributed by atoms with Crippen molar-refractivity contribution >= 4 is 18.3 Å². The van der Waals surface area contributed by atoms with Crippen LogP contribution in [0.25, 0.3) is 0 Å². The van der Waals surface area contributed by atoms with Gasteiger partial charge in [0.1, 0.15) is 5.82 Å². The summed E-state index contributed by atoms with van der Waals surface area (Å²) in [6.45, 7) is 12.7. The molecule has 0 N–H and O–H groups in total. The van der Waals surface area contributed by atoms with Crippen molar-refractivity contribution in [2.75, 3.05) is 44.2 Å². The van der Waals surface area contributed by atoms with Crippen molar-refractivity contribution in [3.8, 4) is 0 Å². The molecule has 1 aromatic carbocycles. The summed E-state index contributed by atoms with van der Waals surface area (Å²) < 4.78 is 19.3. The van der Waals surface area contributed by atoms with Gasteiger partial charge in [0.25, 0.3) is 0 Å². The molecule has 0 aromatic heterocycles. The van der Waals surface area contributed by atoms with E-state index in [9.17, 15) is 4.39 Å². The van der Waals surface area contributed by atoms with Crippen LogP contribution in [0.3, 0.4) is 0 Å². The molecule has 0 radical (unpaired) electrons. The number of halogens is 1. The number of rotatable bonds is 6. The Morgan fingerprint density at radius 3 is 2.44 bits per heavy atom. The van der Waals surface area contributed by atoms with Gasteiger partial charge < -0.3 is 9.64 Å². The lowest BCUT2D eigenvalue weighted by atomic mass is 9.71. The number of thiol groups is 1. The fourth-order valence-electron chi connectivity index (χ4n) is 4.82. The molecular formula is C22H35FN2OS. The van der Waals surface area contributed by atoms with Crippen LogP contribution >= 0.6 is 12.6 Å². The fraction of sp³-hybridized carbons (Fsp3) is 0.727. The molecule has 1 aliphatic heterocycles. The summed E-state index contributed by atoms with van der Waals surface area (Å²) in [6, 6.07) is 6.81. The minimum atomic E-state index is -0.175. The first-order valence-corrected chi connectivity index (χ1v) is 10.8. The van der Waals surface area contributed by atoms with Crippen LogP contribution in [-0.4, -0.2) is 55.6 Å². The molecule has 1 saturated carbocycles. The zero-order valence-electron chi connectivity index (χ0n) is 17.0. The van der Waals surface area contributed by atoms with Crippen molar-refractivity contribution in [3.05, 3.63) is 30.1 Å². The predicted molar refractivity (Wildman–Crippen MR) is 114 cm³/mol. The van der Waals surface area contributed by atoms with E-state index in [0.717, 1.165) is 57.4 Å². The molecule has 0 bridgehead atoms. The van der Waals surface area contributed by atoms with Gasteiger partial charge in [0.15, 0.2) is 0 Å². The maximum atomic E-state index is 13.1. The molecule has 1 aromatic rings. The summed E-state index contributed by atoms with van der Waals surface area (Å²) in [7, 11) is 0. The molecule has 2 aliphatic rings. The Hall–Kier alpha value is -0.780. The van der Waals surface area contributed by atoms with Crippen molar-refractivity contribution in [1.29, 1.82) is 0 Å². The molecule has 2 fully saturated rings. The first-order chi connectivity index (χ1) is 12.8. The molecule has 1 saturated heterocycles. The highest BCUT2D eigenvalue weighted by molar-refractivity contribution is 7.81. The smallest absolute Gasteiger partial charge is 0.123 e. The van der Waals surface area contributed by atoms with Crippen molar-refractivity contribution in [1.82, 2.24) is 4.90 Å². The SMILES string of the molecule is C[C@H]1C[C@H](OC[C@@H](S)CN2CCN(c3ccc(F)cc3)CC2)CC(C)(C)C1. The van der Waals surface area contributed by atoms with Gasteiger partial charge in [0.05, 0.1) is 12.7 Å². The van der Waals surface area contributed by atoms with E-state index in [2.05, 4.69) is 30.6 Å². The van der Waals surface area contributed by atoms with Gasteiger partial charge in [-0.25, -0.2) is 4.39 Å². The van der Waals surface area contributed by atoms with Gasteiger partial charge in [-0.1, -0.05) is 20.8 Å². The zero-order chi connectivity index (χ0) is 19.4. The minimum Gasteiger partial charge on any atom is -0.377 e. The van der Waals surface area contributed by atoms with E-state index >= 15 is 0 Å². The first kappa shape index (κ1) is 20.9. The molecule has 3 nitrogen and oxygen atoms in total. The molecule has 0 spiro atoms. The lowest BCUT2D eigenvalue weighted by molar-refractivity contribution is -0.0237. The lowest BCUT2D eigenvalue weighted by Crippen LogP contribution is -2.48. The third kappa shape index (κ3) is 6.37. The van der Waals surface area contributed by atoms with E-state index in [1.165, 1.54) is 25.0 Å². The van der Waals surface area contributed by atoms with Crippen molar-refractivity contribution in [2.24, 2.45) is 11.3 Å². The standard InChI is InChI=1S/C22H35FN2OS/c1-17-12-20(14-22(2,3)13-17)26-16-21(27)15-24-8-10-25(11-9-24)19-6-4-18(23)5-7-19/h4-7,17,20-21,27H,8-16H2,1-3H3/t17-,20-,21-/m0/s1. The minimum absolute atomic E-state index is 0.175. The molecule has 3 rings (SSSR count). The second-order valence-corrected chi connectivity index (χ2v) is 10.0. The van der Waals surface area contributed by atoms with Crippen LogP contribution in [0.2, 0.25) is 0 Å². The Kier molecular flexibility index (Phi) is 7.09. The summed E-state index contributed by atoms with van der Waals surface area (Å²) in [5, 5.41) is 0.253. The number of hydrogen-bond acceptors (Lipinski definition) is 4. The van der Waals surface area contributed by atoms with E-state index in [1.54, 1.807) is 0 Å². The molecule has 1 heterocycles. The van der Waals surface area contributed by atoms with Gasteiger partial charge in [-0.05, 0) is 54.9 Å². The monoisotopic (exact) mass is 394 g/mol. The summed E-state index contributed by atoms with van der Waals surface area (Å²) in [4.78, 5) is 4.79. The normalized spacial score (nSPS) is 27.5. The van der Waals surface area contributed by atoms with E-state index in [0.29, 0.717) is 11.5 Å². The number of piperazine rings is 1. The molecule has 3 atom stereocenters. The van der Waals surface area contributed by atoms with Crippen LogP contribution in [0.1, 0.15) is 40.0 Å². The Morgan fingerprint density at radius 1 is 1.15 bits per heavy atom. The van der Waals surface area contributed by atoms with Gasteiger partial charge in [-0.2, -0.15) is 12.6 Å². The molecule has 5 heteroatoms. The fourth-order valence-corrected chi connectivity index (χ4v) is 5.14. The highest BCUT2D eigenvalue weighted by Gasteiger charge is 2.32. The van der Waals surface area contributed by atoms with E-state index < -0.39 is 0 Å². The van der Waals surface area contributed by atoms with Gasteiger partial charge in [-0.15, -0.1) is 0 Å². The first-order valence-electron chi connectivity index (χ1n) is 10.3. The highest BCUT2D eigenvalue weighted by atomic mass is 32.1. The van der Waals surface area contributed by atoms with Crippen molar-refractivity contribution < 1.29 is 9.13 Å². The van der Waals surface area contributed by atoms with Crippen LogP contribution in [0.15, 0.2) is 24.3 Å². The largest absolute Gasteiger partial charge is 0.377 e. The lowest BCUT2D eigenvalue weighted by Gasteiger charge is -2.39. The third-order valence-electron chi connectivity index (χ3n) is 5.90. The molecule has 0 unspecified atom stereocenters. The number of hydrogen-bond donors (Lipinski definition) is 1. The molecule has 0 amide bonds. The van der Waals surface area contributed by atoms with Crippen LogP contribution in [0, 0.1) is 17.2 Å². The van der Waals surface area contributed by atoms with Gasteiger partial charge in [-0.3, -0.25) is 4.90 Å². The molecule has 27 heavy (non-hydrogen) atoms. The van der Waals surface area contributed by atoms with Crippen LogP contribution in [0.4, 0.5) is 10.1 Å². The van der Waals surface area contributed by atoms with Crippen LogP contribution < -0.4 is 4.90 Å². The second kappa shape index (κ2) is 9.15. The van der Waals surface area contributed by atoms with Crippen molar-refractivity contribution in [2.45, 2.75) is 51.4 Å². The Bertz CT molecular complexity index is 586. The van der Waals surface area contributed by atoms with E-state index in [1.807, 2.05) is 12.1 Å². The molecule has 1 aliphatic carbocycles. The Labute approximate surface area is 169 Å². The summed E-state index contributed by atoms with van der Waals surface area (Å²) in [6.07, 6.45) is 4.03. The summed E-state index contributed by atoms with van der Waals surface area (Å²) >= 11 is 4.79. The Morgan fingerprint density at radius 2 is 1.81 bits per heavy atom. The topological polar surface area (TPSA) is 15.7 Å². The van der Waals surface area contributed by atoms with E-state index in [4.69, 9.17) is 17.4 Å². The average Bonchev–Trinajstić information content (AvgIpc) is 2.60. The van der Waals surface area contributed by atoms with Crippen LogP contribution in [0.5, 0.6) is 0 Å². The predicted octanol–water partition coefficient (Wildman–Crippen LogP) is 4.48. The highest BCUT2D eigenvalue weighted by Crippen LogP contribution is 2.39. The van der Waals surface area contributed by atoms with Gasteiger partial charge >= 0.3 is 0 Å². The second-order valence-electron chi connectivity index (χ2n) is 9.29. The molecule has 152 valence electrons. The number of ether oxygens (including phenoxy) is 1. The third-order valence-corrected chi connectivity index (χ3v) is 6.22. The average molecular weight is 395 g/mol.